The van der Waals surface area contributed by atoms with Crippen molar-refractivity contribution in [1.29, 1.82) is 0 Å². The van der Waals surface area contributed by atoms with Gasteiger partial charge in [0.15, 0.2) is 5.69 Å². The van der Waals surface area contributed by atoms with Crippen LogP contribution in [-0.2, 0) is 16.1 Å². The molecule has 2 amide bonds. The van der Waals surface area contributed by atoms with Gasteiger partial charge in [0.25, 0.3) is 5.56 Å². The Kier molecular flexibility index (Phi) is 6.93. The van der Waals surface area contributed by atoms with Crippen molar-refractivity contribution >= 4 is 40.3 Å². The van der Waals surface area contributed by atoms with E-state index in [1.54, 1.807) is 4.90 Å². The summed E-state index contributed by atoms with van der Waals surface area (Å²) in [5, 5.41) is 1.91. The van der Waals surface area contributed by atoms with Crippen molar-refractivity contribution in [2.75, 3.05) is 22.6 Å². The second kappa shape index (κ2) is 9.91. The van der Waals surface area contributed by atoms with Gasteiger partial charge in [0.1, 0.15) is 5.82 Å². The lowest BCUT2D eigenvalue weighted by molar-refractivity contribution is -0.124. The number of hydrogen-bond acceptors (Lipinski definition) is 6. The van der Waals surface area contributed by atoms with Gasteiger partial charge in [-0.05, 0) is 36.9 Å². The van der Waals surface area contributed by atoms with Crippen LogP contribution < -0.4 is 26.8 Å². The Balaban J connectivity index is 1.74. The van der Waals surface area contributed by atoms with E-state index in [2.05, 4.69) is 4.98 Å². The quantitative estimate of drug-likeness (QED) is 0.522. The average Bonchev–Trinajstić information content (AvgIpc) is 3.46. The van der Waals surface area contributed by atoms with Gasteiger partial charge in [0, 0.05) is 30.6 Å². The lowest BCUT2D eigenvalue weighted by Crippen LogP contribution is -2.42. The van der Waals surface area contributed by atoms with Crippen LogP contribution in [0.15, 0.2) is 51.4 Å². The summed E-state index contributed by atoms with van der Waals surface area (Å²) in [5.74, 6) is -1.38. The van der Waals surface area contributed by atoms with Crippen molar-refractivity contribution in [3.05, 3.63) is 73.1 Å². The van der Waals surface area contributed by atoms with Crippen LogP contribution >= 0.6 is 11.3 Å². The highest BCUT2D eigenvalue weighted by Crippen LogP contribution is 2.44. The van der Waals surface area contributed by atoms with Gasteiger partial charge in [0.05, 0.1) is 12.0 Å². The topological polar surface area (TPSA) is 121 Å². The minimum Gasteiger partial charge on any atom is -0.383 e. The van der Waals surface area contributed by atoms with Crippen LogP contribution in [0, 0.1) is 12.8 Å². The van der Waals surface area contributed by atoms with Crippen molar-refractivity contribution in [3.63, 3.8) is 0 Å². The predicted molar refractivity (Wildman–Crippen MR) is 138 cm³/mol. The number of nitrogens with zero attached hydrogens (tertiary/aromatic N) is 3. The molecule has 2 aromatic heterocycles. The van der Waals surface area contributed by atoms with Crippen LogP contribution in [0.25, 0.3) is 0 Å². The first-order valence-electron chi connectivity index (χ1n) is 11.6. The third kappa shape index (κ3) is 4.53. The third-order valence-corrected chi connectivity index (χ3v) is 7.34. The van der Waals surface area contributed by atoms with Crippen molar-refractivity contribution in [2.24, 2.45) is 5.92 Å². The summed E-state index contributed by atoms with van der Waals surface area (Å²) in [6.07, 6.45) is 1.51. The second-order valence-electron chi connectivity index (χ2n) is 8.77. The molecule has 10 heteroatoms. The number of benzene rings is 1. The molecule has 35 heavy (non-hydrogen) atoms. The first-order valence-corrected chi connectivity index (χ1v) is 12.4. The van der Waals surface area contributed by atoms with Crippen molar-refractivity contribution in [2.45, 2.75) is 45.7 Å². The number of carbonyl (C=O) groups is 2. The number of carbonyl (C=O) groups excluding carboxylic acids is 2. The molecule has 1 aliphatic rings. The Morgan fingerprint density at radius 3 is 2.54 bits per heavy atom. The summed E-state index contributed by atoms with van der Waals surface area (Å²) in [6, 6.07) is 10.9. The van der Waals surface area contributed by atoms with Crippen LogP contribution in [0.1, 0.15) is 42.7 Å². The van der Waals surface area contributed by atoms with Gasteiger partial charge in [-0.25, -0.2) is 4.79 Å². The highest BCUT2D eigenvalue weighted by Gasteiger charge is 2.47. The molecule has 0 spiro atoms. The molecule has 0 bridgehead atoms. The van der Waals surface area contributed by atoms with Gasteiger partial charge in [-0.1, -0.05) is 37.1 Å². The number of nitrogens with one attached hydrogen (secondary N) is 1. The number of nitrogens with two attached hydrogens (primary N) is 1. The molecule has 4 rings (SSSR count). The van der Waals surface area contributed by atoms with E-state index in [-0.39, 0.29) is 23.8 Å². The van der Waals surface area contributed by atoms with Crippen LogP contribution in [0.5, 0.6) is 0 Å². The third-order valence-electron chi connectivity index (χ3n) is 6.40. The Morgan fingerprint density at radius 1 is 1.20 bits per heavy atom. The number of unbranched alkanes of at least 4 members (excludes halogenated alkanes) is 1. The molecule has 184 valence electrons. The molecule has 3 heterocycles. The van der Waals surface area contributed by atoms with Gasteiger partial charge in [-0.3, -0.25) is 23.9 Å². The lowest BCUT2D eigenvalue weighted by atomic mass is 9.96. The molecular formula is C25H29N5O4S. The van der Waals surface area contributed by atoms with Gasteiger partial charge in [0.2, 0.25) is 11.8 Å². The van der Waals surface area contributed by atoms with E-state index >= 15 is 0 Å². The normalized spacial score (nSPS) is 17.7. The number of hydrogen-bond donors (Lipinski definition) is 2. The molecule has 0 aliphatic carbocycles. The molecule has 2 atom stereocenters. The van der Waals surface area contributed by atoms with E-state index in [1.807, 2.05) is 55.6 Å². The monoisotopic (exact) mass is 495 g/mol. The van der Waals surface area contributed by atoms with Crippen molar-refractivity contribution in [3.8, 4) is 0 Å². The van der Waals surface area contributed by atoms with Gasteiger partial charge < -0.3 is 15.5 Å². The zero-order valence-electron chi connectivity index (χ0n) is 20.0. The van der Waals surface area contributed by atoms with Crippen LogP contribution in [0.4, 0.5) is 17.2 Å². The molecule has 1 fully saturated rings. The highest BCUT2D eigenvalue weighted by atomic mass is 32.1. The number of H-pyrrole nitrogens is 1. The number of amides is 2. The number of aryl methyl sites for hydroxylation is 1. The number of aromatic amines is 1. The summed E-state index contributed by atoms with van der Waals surface area (Å²) in [6.45, 7) is 4.27. The Labute approximate surface area is 206 Å². The van der Waals surface area contributed by atoms with E-state index in [0.717, 1.165) is 16.9 Å². The van der Waals surface area contributed by atoms with Crippen molar-refractivity contribution < 1.29 is 9.59 Å². The van der Waals surface area contributed by atoms with E-state index in [0.29, 0.717) is 18.7 Å². The average molecular weight is 496 g/mol. The standard InChI is InChI=1S/C25H29N5O4S/c1-4-5-12-29-22(26)21(23(32)27-25(29)34)28(3)24(33)17-14-19(31)30(16-10-8-15(2)9-11-16)20(17)18-7-6-13-35-18/h6-11,13,17,20H,4-5,12,14,26H2,1-3H3,(H,27,32,34)/t17-,20-/m0/s1. The second-order valence-corrected chi connectivity index (χ2v) is 9.75. The first-order chi connectivity index (χ1) is 16.7. The number of thiophene rings is 1. The molecule has 1 aliphatic heterocycles. The fraction of sp³-hybridized carbons (Fsp3) is 0.360. The Hall–Kier alpha value is -3.66. The molecule has 0 saturated carbocycles. The van der Waals surface area contributed by atoms with E-state index in [1.165, 1.54) is 27.9 Å². The molecule has 3 N–H and O–H groups in total. The molecule has 9 nitrogen and oxygen atoms in total. The maximum Gasteiger partial charge on any atom is 0.330 e. The number of aromatic nitrogens is 2. The number of rotatable bonds is 7. The Morgan fingerprint density at radius 2 is 1.91 bits per heavy atom. The van der Waals surface area contributed by atoms with Crippen LogP contribution in [0.3, 0.4) is 0 Å². The molecule has 1 saturated heterocycles. The summed E-state index contributed by atoms with van der Waals surface area (Å²) in [4.78, 5) is 58.0. The molecule has 1 aromatic carbocycles. The first kappa shape index (κ1) is 24.5. The fourth-order valence-electron chi connectivity index (χ4n) is 4.55. The van der Waals surface area contributed by atoms with Gasteiger partial charge >= 0.3 is 5.69 Å². The number of anilines is 3. The summed E-state index contributed by atoms with van der Waals surface area (Å²) in [7, 11) is 1.46. The van der Waals surface area contributed by atoms with Gasteiger partial charge in [-0.15, -0.1) is 11.3 Å². The predicted octanol–water partition coefficient (Wildman–Crippen LogP) is 3.05. The van der Waals surface area contributed by atoms with Crippen LogP contribution in [0.2, 0.25) is 0 Å². The van der Waals surface area contributed by atoms with E-state index in [9.17, 15) is 19.2 Å². The molecule has 0 radical (unpaired) electrons. The van der Waals surface area contributed by atoms with Crippen LogP contribution in [-0.4, -0.2) is 28.4 Å². The fourth-order valence-corrected chi connectivity index (χ4v) is 5.43. The molecular weight excluding hydrogens is 466 g/mol. The number of nitrogen functional groups attached to an aromatic ring is 1. The van der Waals surface area contributed by atoms with Crippen molar-refractivity contribution in [1.82, 2.24) is 9.55 Å². The SMILES string of the molecule is CCCCn1c(N)c(N(C)C(=O)[C@H]2CC(=O)N(c3ccc(C)cc3)[C@@H]2c2cccs2)c(=O)[nH]c1=O. The summed E-state index contributed by atoms with van der Waals surface area (Å²) in [5.41, 5.74) is 6.57. The molecule has 3 aromatic rings. The van der Waals surface area contributed by atoms with E-state index in [4.69, 9.17) is 5.73 Å². The highest BCUT2D eigenvalue weighted by molar-refractivity contribution is 7.10. The largest absolute Gasteiger partial charge is 0.383 e. The lowest BCUT2D eigenvalue weighted by Gasteiger charge is -2.29. The smallest absolute Gasteiger partial charge is 0.330 e. The summed E-state index contributed by atoms with van der Waals surface area (Å²) >= 11 is 1.47. The zero-order chi connectivity index (χ0) is 25.3. The maximum absolute atomic E-state index is 13.8. The molecule has 0 unspecified atom stereocenters. The summed E-state index contributed by atoms with van der Waals surface area (Å²) < 4.78 is 1.28. The zero-order valence-corrected chi connectivity index (χ0v) is 20.8. The van der Waals surface area contributed by atoms with Gasteiger partial charge in [-0.2, -0.15) is 0 Å². The Bertz CT molecular complexity index is 1340. The maximum atomic E-state index is 13.8. The minimum atomic E-state index is -0.734. The van der Waals surface area contributed by atoms with E-state index < -0.39 is 29.1 Å². The minimum absolute atomic E-state index is 0.00704.